The number of carbonyl (C=O) groups excluding carboxylic acids is 1. The predicted octanol–water partition coefficient (Wildman–Crippen LogP) is 4.16. The number of tetrazole rings is 1. The normalized spacial score (nSPS) is 11.7. The maximum absolute atomic E-state index is 13.0. The Balaban J connectivity index is 1.61. The summed E-state index contributed by atoms with van der Waals surface area (Å²) in [6.45, 7) is 3.69. The van der Waals surface area contributed by atoms with Crippen LogP contribution in [0.4, 0.5) is 38.0 Å². The molecule has 0 saturated heterocycles. The molecule has 3 rings (SSSR count). The van der Waals surface area contributed by atoms with E-state index in [1.807, 2.05) is 0 Å². The van der Waals surface area contributed by atoms with Crippen molar-refractivity contribution in [3.63, 3.8) is 0 Å². The molecule has 174 valence electrons. The van der Waals surface area contributed by atoms with E-state index in [9.17, 15) is 31.1 Å². The second-order valence-electron chi connectivity index (χ2n) is 6.64. The quantitative estimate of drug-likeness (QED) is 0.386. The Morgan fingerprint density at radius 3 is 2.06 bits per heavy atom. The minimum Gasteiger partial charge on any atom is -0.368 e. The topological polar surface area (TPSA) is 108 Å². The van der Waals surface area contributed by atoms with Crippen molar-refractivity contribution in [1.29, 1.82) is 0 Å². The Morgan fingerprint density at radius 1 is 0.939 bits per heavy atom. The number of nitrogens with zero attached hydrogens (tertiary/aromatic N) is 3. The van der Waals surface area contributed by atoms with E-state index in [0.717, 1.165) is 0 Å². The van der Waals surface area contributed by atoms with Gasteiger partial charge in [-0.1, -0.05) is 23.8 Å². The third-order valence-corrected chi connectivity index (χ3v) is 4.18. The van der Waals surface area contributed by atoms with Crippen LogP contribution >= 0.6 is 0 Å². The molecule has 0 aliphatic heterocycles. The molecule has 2 aromatic carbocycles. The molecule has 33 heavy (non-hydrogen) atoms. The predicted molar refractivity (Wildman–Crippen MR) is 105 cm³/mol. The van der Waals surface area contributed by atoms with Crippen LogP contribution < -0.4 is 16.0 Å². The molecule has 0 saturated carbocycles. The first-order valence-corrected chi connectivity index (χ1v) is 9.05. The highest BCUT2D eigenvalue weighted by molar-refractivity contribution is 6.03. The van der Waals surface area contributed by atoms with Gasteiger partial charge in [0.05, 0.1) is 16.9 Å². The summed E-state index contributed by atoms with van der Waals surface area (Å²) in [5.74, 6) is -0.509. The molecule has 4 N–H and O–H groups in total. The molecule has 0 bridgehead atoms. The third-order valence-electron chi connectivity index (χ3n) is 4.18. The summed E-state index contributed by atoms with van der Waals surface area (Å²) in [7, 11) is 0. The van der Waals surface area contributed by atoms with Crippen molar-refractivity contribution in [2.24, 2.45) is 0 Å². The SMILES string of the molecule is C=C(NCc1ccc(C(=O)Nc2nn[nH]n2)cc1)Nc1cc(C(F)(F)F)cc(C(F)(F)F)c1. The van der Waals surface area contributed by atoms with E-state index < -0.39 is 35.1 Å². The highest BCUT2D eigenvalue weighted by atomic mass is 19.4. The number of halogens is 6. The van der Waals surface area contributed by atoms with Crippen LogP contribution in [0.2, 0.25) is 0 Å². The number of hydrogen-bond acceptors (Lipinski definition) is 6. The summed E-state index contributed by atoms with van der Waals surface area (Å²) in [5, 5.41) is 20.2. The fourth-order valence-corrected chi connectivity index (χ4v) is 2.62. The van der Waals surface area contributed by atoms with Gasteiger partial charge in [0, 0.05) is 17.8 Å². The molecule has 8 nitrogen and oxygen atoms in total. The molecular formula is C19H15F6N7O. The van der Waals surface area contributed by atoms with Gasteiger partial charge in [-0.25, -0.2) is 0 Å². The summed E-state index contributed by atoms with van der Waals surface area (Å²) < 4.78 is 77.8. The van der Waals surface area contributed by atoms with E-state index in [1.165, 1.54) is 12.1 Å². The Morgan fingerprint density at radius 2 is 1.55 bits per heavy atom. The number of H-pyrrole nitrogens is 1. The molecule has 0 spiro atoms. The molecule has 0 atom stereocenters. The monoisotopic (exact) mass is 471 g/mol. The van der Waals surface area contributed by atoms with Gasteiger partial charge in [0.15, 0.2) is 0 Å². The van der Waals surface area contributed by atoms with Gasteiger partial charge >= 0.3 is 12.4 Å². The zero-order valence-electron chi connectivity index (χ0n) is 16.5. The molecule has 1 amide bonds. The average molecular weight is 471 g/mol. The molecule has 0 unspecified atom stereocenters. The number of anilines is 2. The number of nitrogens with one attached hydrogen (secondary N) is 4. The number of hydrogen-bond donors (Lipinski definition) is 4. The number of rotatable bonds is 7. The van der Waals surface area contributed by atoms with E-state index in [-0.39, 0.29) is 24.4 Å². The van der Waals surface area contributed by atoms with Gasteiger partial charge in [0.1, 0.15) is 0 Å². The van der Waals surface area contributed by atoms with Gasteiger partial charge in [0.2, 0.25) is 0 Å². The van der Waals surface area contributed by atoms with Crippen LogP contribution in [0.15, 0.2) is 54.9 Å². The Kier molecular flexibility index (Phi) is 6.55. The Hall–Kier alpha value is -4.10. The van der Waals surface area contributed by atoms with E-state index in [4.69, 9.17) is 0 Å². The molecule has 0 aliphatic carbocycles. The van der Waals surface area contributed by atoms with Crippen LogP contribution in [0.1, 0.15) is 27.0 Å². The molecule has 1 aromatic heterocycles. The lowest BCUT2D eigenvalue weighted by molar-refractivity contribution is -0.143. The van der Waals surface area contributed by atoms with Crippen LogP contribution in [0.5, 0.6) is 0 Å². The Bertz CT molecular complexity index is 1090. The smallest absolute Gasteiger partial charge is 0.368 e. The van der Waals surface area contributed by atoms with Crippen molar-refractivity contribution in [2.75, 3.05) is 10.6 Å². The molecule has 1 heterocycles. The third kappa shape index (κ3) is 6.44. The highest BCUT2D eigenvalue weighted by Crippen LogP contribution is 2.37. The first kappa shape index (κ1) is 23.6. The lowest BCUT2D eigenvalue weighted by atomic mass is 10.1. The van der Waals surface area contributed by atoms with Crippen molar-refractivity contribution in [1.82, 2.24) is 25.9 Å². The van der Waals surface area contributed by atoms with Gasteiger partial charge in [-0.2, -0.15) is 31.6 Å². The van der Waals surface area contributed by atoms with Crippen molar-refractivity contribution in [3.8, 4) is 0 Å². The molecule has 3 aromatic rings. The largest absolute Gasteiger partial charge is 0.416 e. The molecule has 0 radical (unpaired) electrons. The number of alkyl halides is 6. The lowest BCUT2D eigenvalue weighted by Crippen LogP contribution is -2.19. The minimum absolute atomic E-state index is 0.00334. The van der Waals surface area contributed by atoms with Crippen molar-refractivity contribution in [3.05, 3.63) is 77.1 Å². The van der Waals surface area contributed by atoms with E-state index in [1.54, 1.807) is 12.1 Å². The summed E-state index contributed by atoms with van der Waals surface area (Å²) in [4.78, 5) is 12.1. The van der Waals surface area contributed by atoms with Crippen LogP contribution in [0.25, 0.3) is 0 Å². The van der Waals surface area contributed by atoms with Gasteiger partial charge in [-0.15, -0.1) is 5.10 Å². The van der Waals surface area contributed by atoms with Gasteiger partial charge in [0.25, 0.3) is 11.9 Å². The van der Waals surface area contributed by atoms with Crippen LogP contribution in [-0.2, 0) is 18.9 Å². The standard InChI is InChI=1S/C19H15F6N7O/c1-10(27-15-7-13(18(20,21)22)6-14(8-15)19(23,24)25)26-9-11-2-4-12(5-3-11)16(33)28-17-29-31-32-30-17/h2-8,26-27H,1,9H2,(H2,28,29,30,31,32,33). The van der Waals surface area contributed by atoms with Crippen LogP contribution in [0, 0.1) is 0 Å². The molecule has 0 aliphatic rings. The molecule has 14 heteroatoms. The minimum atomic E-state index is -4.95. The summed E-state index contributed by atoms with van der Waals surface area (Å²) in [6.07, 6.45) is -9.91. The van der Waals surface area contributed by atoms with Crippen LogP contribution in [-0.4, -0.2) is 26.5 Å². The summed E-state index contributed by atoms with van der Waals surface area (Å²) in [6, 6.07) is 7.35. The molecular weight excluding hydrogens is 456 g/mol. The zero-order valence-corrected chi connectivity index (χ0v) is 16.5. The van der Waals surface area contributed by atoms with E-state index in [0.29, 0.717) is 23.3 Å². The van der Waals surface area contributed by atoms with Gasteiger partial charge in [-0.05, 0) is 41.1 Å². The maximum atomic E-state index is 13.0. The number of aromatic nitrogens is 4. The molecule has 0 fully saturated rings. The van der Waals surface area contributed by atoms with Crippen molar-refractivity contribution >= 4 is 17.5 Å². The van der Waals surface area contributed by atoms with E-state index in [2.05, 4.69) is 43.2 Å². The number of benzene rings is 2. The number of carbonyl (C=O) groups is 1. The van der Waals surface area contributed by atoms with Crippen molar-refractivity contribution < 1.29 is 31.1 Å². The summed E-state index contributed by atoms with van der Waals surface area (Å²) in [5.41, 5.74) is -2.36. The first-order chi connectivity index (χ1) is 15.4. The number of amides is 1. The highest BCUT2D eigenvalue weighted by Gasteiger charge is 2.37. The maximum Gasteiger partial charge on any atom is 0.416 e. The first-order valence-electron chi connectivity index (χ1n) is 9.05. The Labute approximate surface area is 182 Å². The average Bonchev–Trinajstić information content (AvgIpc) is 3.24. The van der Waals surface area contributed by atoms with Gasteiger partial charge in [-0.3, -0.25) is 10.1 Å². The second kappa shape index (κ2) is 9.18. The van der Waals surface area contributed by atoms with Gasteiger partial charge < -0.3 is 10.6 Å². The lowest BCUT2D eigenvalue weighted by Gasteiger charge is -2.17. The van der Waals surface area contributed by atoms with Crippen molar-refractivity contribution in [2.45, 2.75) is 18.9 Å². The van der Waals surface area contributed by atoms with E-state index >= 15 is 0 Å². The number of aromatic amines is 1. The van der Waals surface area contributed by atoms with Crippen LogP contribution in [0.3, 0.4) is 0 Å². The summed E-state index contributed by atoms with van der Waals surface area (Å²) >= 11 is 0. The second-order valence-corrected chi connectivity index (χ2v) is 6.64. The zero-order chi connectivity index (χ0) is 24.2. The fourth-order valence-electron chi connectivity index (χ4n) is 2.62. The fraction of sp³-hybridized carbons (Fsp3) is 0.158.